The molecule has 1 aliphatic rings. The summed E-state index contributed by atoms with van der Waals surface area (Å²) in [7, 11) is 1.31. The molecular formula is C11H18N2O4. The van der Waals surface area contributed by atoms with E-state index in [2.05, 4.69) is 10.1 Å². The van der Waals surface area contributed by atoms with Crippen molar-refractivity contribution in [1.29, 1.82) is 0 Å². The predicted octanol–water partition coefficient (Wildman–Crippen LogP) is -0.325. The number of ether oxygens (including phenoxy) is 1. The number of rotatable bonds is 5. The molecule has 0 bridgehead atoms. The van der Waals surface area contributed by atoms with Gasteiger partial charge in [-0.25, -0.2) is 0 Å². The van der Waals surface area contributed by atoms with Crippen LogP contribution in [0.15, 0.2) is 0 Å². The summed E-state index contributed by atoms with van der Waals surface area (Å²) in [5.74, 6) is -0.717. The molecule has 0 radical (unpaired) electrons. The highest BCUT2D eigenvalue weighted by molar-refractivity contribution is 6.05. The molecule has 96 valence electrons. The Balaban J connectivity index is 2.44. The van der Waals surface area contributed by atoms with Crippen LogP contribution in [-0.2, 0) is 19.1 Å². The van der Waals surface area contributed by atoms with E-state index in [-0.39, 0.29) is 36.7 Å². The normalized spacial score (nSPS) is 20.2. The fourth-order valence-corrected chi connectivity index (χ4v) is 1.80. The molecule has 1 heterocycles. The molecule has 2 amide bonds. The monoisotopic (exact) mass is 242 g/mol. The van der Waals surface area contributed by atoms with E-state index in [1.807, 2.05) is 0 Å². The Morgan fingerprint density at radius 3 is 2.65 bits per heavy atom. The summed E-state index contributed by atoms with van der Waals surface area (Å²) >= 11 is 0. The van der Waals surface area contributed by atoms with Crippen LogP contribution >= 0.6 is 0 Å². The van der Waals surface area contributed by atoms with E-state index in [1.54, 1.807) is 13.8 Å². The summed E-state index contributed by atoms with van der Waals surface area (Å²) in [5.41, 5.74) is 0. The molecule has 0 aromatic heterocycles. The summed E-state index contributed by atoms with van der Waals surface area (Å²) in [4.78, 5) is 35.5. The Hall–Kier alpha value is -1.43. The van der Waals surface area contributed by atoms with Gasteiger partial charge in [-0.15, -0.1) is 0 Å². The molecule has 0 aromatic rings. The van der Waals surface area contributed by atoms with Crippen molar-refractivity contribution < 1.29 is 19.1 Å². The van der Waals surface area contributed by atoms with Crippen LogP contribution in [0.2, 0.25) is 0 Å². The molecule has 1 aliphatic heterocycles. The predicted molar refractivity (Wildman–Crippen MR) is 60.0 cm³/mol. The lowest BCUT2D eigenvalue weighted by atomic mass is 10.2. The quantitative estimate of drug-likeness (QED) is 0.528. The summed E-state index contributed by atoms with van der Waals surface area (Å²) < 4.78 is 4.48. The Kier molecular flexibility index (Phi) is 4.62. The van der Waals surface area contributed by atoms with E-state index in [0.717, 1.165) is 0 Å². The fourth-order valence-electron chi connectivity index (χ4n) is 1.80. The molecule has 1 unspecified atom stereocenters. The highest BCUT2D eigenvalue weighted by Gasteiger charge is 2.39. The Labute approximate surface area is 100 Å². The van der Waals surface area contributed by atoms with Crippen molar-refractivity contribution in [2.24, 2.45) is 0 Å². The Morgan fingerprint density at radius 1 is 1.53 bits per heavy atom. The van der Waals surface area contributed by atoms with Gasteiger partial charge in [0, 0.05) is 12.6 Å². The van der Waals surface area contributed by atoms with Crippen LogP contribution in [0.5, 0.6) is 0 Å². The van der Waals surface area contributed by atoms with Crippen molar-refractivity contribution in [3.63, 3.8) is 0 Å². The molecule has 0 aliphatic carbocycles. The van der Waals surface area contributed by atoms with Crippen molar-refractivity contribution in [3.8, 4) is 0 Å². The standard InChI is InChI=1S/C11H18N2O4/c1-7(2)13-9(14)6-8(11(13)16)12-5-4-10(15)17-3/h7-8,12H,4-6H2,1-3H3. The van der Waals surface area contributed by atoms with Crippen LogP contribution in [0.3, 0.4) is 0 Å². The van der Waals surface area contributed by atoms with Crippen molar-refractivity contribution in [1.82, 2.24) is 10.2 Å². The lowest BCUT2D eigenvalue weighted by molar-refractivity contribution is -0.142. The molecule has 6 nitrogen and oxygen atoms in total. The lowest BCUT2D eigenvalue weighted by Gasteiger charge is -2.19. The van der Waals surface area contributed by atoms with Crippen molar-refractivity contribution in [2.45, 2.75) is 38.8 Å². The van der Waals surface area contributed by atoms with Crippen molar-refractivity contribution in [2.75, 3.05) is 13.7 Å². The first kappa shape index (κ1) is 13.6. The molecule has 1 saturated heterocycles. The van der Waals surface area contributed by atoms with Gasteiger partial charge in [-0.3, -0.25) is 19.3 Å². The van der Waals surface area contributed by atoms with Gasteiger partial charge in [0.15, 0.2) is 0 Å². The average molecular weight is 242 g/mol. The van der Waals surface area contributed by atoms with Crippen molar-refractivity contribution >= 4 is 17.8 Å². The van der Waals surface area contributed by atoms with E-state index in [9.17, 15) is 14.4 Å². The summed E-state index contributed by atoms with van der Waals surface area (Å²) in [6, 6.07) is -0.628. The molecule has 1 rings (SSSR count). The van der Waals surface area contributed by atoms with Gasteiger partial charge in [-0.2, -0.15) is 0 Å². The zero-order valence-corrected chi connectivity index (χ0v) is 10.4. The Morgan fingerprint density at radius 2 is 2.18 bits per heavy atom. The maximum absolute atomic E-state index is 11.8. The first-order valence-corrected chi connectivity index (χ1v) is 5.63. The number of carbonyl (C=O) groups is 3. The highest BCUT2D eigenvalue weighted by atomic mass is 16.5. The van der Waals surface area contributed by atoms with Gasteiger partial charge in [-0.1, -0.05) is 0 Å². The van der Waals surface area contributed by atoms with E-state index in [4.69, 9.17) is 0 Å². The lowest BCUT2D eigenvalue weighted by Crippen LogP contribution is -2.42. The first-order valence-electron chi connectivity index (χ1n) is 5.63. The summed E-state index contributed by atoms with van der Waals surface area (Å²) in [6.07, 6.45) is 0.355. The minimum absolute atomic E-state index is 0.123. The number of nitrogens with zero attached hydrogens (tertiary/aromatic N) is 1. The van der Waals surface area contributed by atoms with Crippen LogP contribution in [0.4, 0.5) is 0 Å². The molecule has 0 spiro atoms. The maximum Gasteiger partial charge on any atom is 0.306 e. The van der Waals surface area contributed by atoms with Gasteiger partial charge in [0.05, 0.1) is 26.0 Å². The van der Waals surface area contributed by atoms with Gasteiger partial charge in [0.1, 0.15) is 0 Å². The number of imide groups is 1. The average Bonchev–Trinajstić information content (AvgIpc) is 2.53. The van der Waals surface area contributed by atoms with Gasteiger partial charge in [0.2, 0.25) is 11.8 Å². The molecule has 0 saturated carbocycles. The zero-order chi connectivity index (χ0) is 13.0. The SMILES string of the molecule is COC(=O)CCNC1CC(=O)N(C(C)C)C1=O. The van der Waals surface area contributed by atoms with E-state index in [1.165, 1.54) is 12.0 Å². The number of hydrogen-bond donors (Lipinski definition) is 1. The molecule has 6 heteroatoms. The second kappa shape index (κ2) is 5.77. The Bertz CT molecular complexity index is 327. The molecule has 0 aromatic carbocycles. The third kappa shape index (κ3) is 3.26. The van der Waals surface area contributed by atoms with E-state index >= 15 is 0 Å². The zero-order valence-electron chi connectivity index (χ0n) is 10.4. The largest absolute Gasteiger partial charge is 0.469 e. The number of hydrogen-bond acceptors (Lipinski definition) is 5. The number of likely N-dealkylation sites (tertiary alicyclic amines) is 1. The molecule has 17 heavy (non-hydrogen) atoms. The second-order valence-electron chi connectivity index (χ2n) is 4.23. The van der Waals surface area contributed by atoms with Crippen LogP contribution < -0.4 is 5.32 Å². The summed E-state index contributed by atoms with van der Waals surface area (Å²) in [6.45, 7) is 3.93. The van der Waals surface area contributed by atoms with Gasteiger partial charge in [-0.05, 0) is 13.8 Å². The molecule has 1 atom stereocenters. The fraction of sp³-hybridized carbons (Fsp3) is 0.727. The third-order valence-corrected chi connectivity index (χ3v) is 2.65. The van der Waals surface area contributed by atoms with Crippen LogP contribution in [0, 0.1) is 0 Å². The minimum Gasteiger partial charge on any atom is -0.469 e. The number of nitrogens with one attached hydrogen (secondary N) is 1. The van der Waals surface area contributed by atoms with Crippen LogP contribution in [0.25, 0.3) is 0 Å². The van der Waals surface area contributed by atoms with Crippen LogP contribution in [-0.4, -0.2) is 48.4 Å². The van der Waals surface area contributed by atoms with E-state index < -0.39 is 6.04 Å². The topological polar surface area (TPSA) is 75.7 Å². The van der Waals surface area contributed by atoms with Crippen LogP contribution in [0.1, 0.15) is 26.7 Å². The number of amides is 2. The number of esters is 1. The highest BCUT2D eigenvalue weighted by Crippen LogP contribution is 2.15. The van der Waals surface area contributed by atoms with E-state index in [0.29, 0.717) is 6.54 Å². The smallest absolute Gasteiger partial charge is 0.306 e. The molecule has 1 N–H and O–H groups in total. The number of methoxy groups -OCH3 is 1. The first-order chi connectivity index (χ1) is 7.97. The minimum atomic E-state index is -0.505. The molecular weight excluding hydrogens is 224 g/mol. The third-order valence-electron chi connectivity index (χ3n) is 2.65. The second-order valence-corrected chi connectivity index (χ2v) is 4.23. The number of carbonyl (C=O) groups excluding carboxylic acids is 3. The van der Waals surface area contributed by atoms with Gasteiger partial charge < -0.3 is 10.1 Å². The maximum atomic E-state index is 11.8. The van der Waals surface area contributed by atoms with Crippen molar-refractivity contribution in [3.05, 3.63) is 0 Å². The molecule has 1 fully saturated rings. The van der Waals surface area contributed by atoms with Gasteiger partial charge in [0.25, 0.3) is 0 Å². The van der Waals surface area contributed by atoms with Gasteiger partial charge >= 0.3 is 5.97 Å². The summed E-state index contributed by atoms with van der Waals surface area (Å²) in [5, 5.41) is 2.90.